The maximum absolute atomic E-state index is 12.9. The van der Waals surface area contributed by atoms with Crippen LogP contribution in [0.5, 0.6) is 0 Å². The van der Waals surface area contributed by atoms with Crippen LogP contribution in [-0.4, -0.2) is 16.4 Å². The zero-order valence-corrected chi connectivity index (χ0v) is 17.1. The Balaban J connectivity index is 1.89. The van der Waals surface area contributed by atoms with E-state index in [1.807, 2.05) is 36.7 Å². The first-order valence-electron chi connectivity index (χ1n) is 10.2. The van der Waals surface area contributed by atoms with Gasteiger partial charge in [0, 0.05) is 5.92 Å². The van der Waals surface area contributed by atoms with Crippen molar-refractivity contribution in [3.05, 3.63) is 63.8 Å². The second-order valence-corrected chi connectivity index (χ2v) is 7.94. The zero-order valence-electron chi connectivity index (χ0n) is 17.1. The highest BCUT2D eigenvalue weighted by molar-refractivity contribution is 5.81. The Morgan fingerprint density at radius 1 is 1.28 bits per heavy atom. The fraction of sp³-hybridized carbons (Fsp3) is 0.348. The molecule has 2 heterocycles. The quantitative estimate of drug-likeness (QED) is 0.406. The molecule has 1 fully saturated rings. The number of nitrogens with two attached hydrogens (primary N) is 1. The number of hydrogen-bond acceptors (Lipinski definition) is 3. The highest BCUT2D eigenvalue weighted by Gasteiger charge is 2.24. The van der Waals surface area contributed by atoms with Gasteiger partial charge in [-0.05, 0) is 55.8 Å². The third-order valence-corrected chi connectivity index (χ3v) is 6.06. The molecule has 0 atom stereocenters. The number of benzene rings is 1. The van der Waals surface area contributed by atoms with Crippen LogP contribution in [0.3, 0.4) is 0 Å². The summed E-state index contributed by atoms with van der Waals surface area (Å²) >= 11 is 0. The Hall–Kier alpha value is -3.15. The van der Waals surface area contributed by atoms with Crippen molar-refractivity contribution in [1.82, 2.24) is 9.67 Å². The van der Waals surface area contributed by atoms with Gasteiger partial charge in [-0.2, -0.15) is 4.57 Å². The molecule has 0 amide bonds. The second-order valence-electron chi connectivity index (χ2n) is 7.94. The molecular weight excluding hydrogens is 362 g/mol. The Bertz CT molecular complexity index is 1210. The van der Waals surface area contributed by atoms with Crippen molar-refractivity contribution in [2.45, 2.75) is 44.9 Å². The molecule has 29 heavy (non-hydrogen) atoms. The summed E-state index contributed by atoms with van der Waals surface area (Å²) in [6.07, 6.45) is 9.92. The van der Waals surface area contributed by atoms with Gasteiger partial charge in [0.25, 0.3) is 0 Å². The van der Waals surface area contributed by atoms with Gasteiger partial charge in [-0.3, -0.25) is 0 Å². The summed E-state index contributed by atoms with van der Waals surface area (Å²) in [5.74, 6) is 0.912. The second kappa shape index (κ2) is 7.70. The van der Waals surface area contributed by atoms with Gasteiger partial charge in [0.05, 0.1) is 18.8 Å². The molecule has 3 N–H and O–H groups in total. The molecule has 2 aromatic heterocycles. The van der Waals surface area contributed by atoms with E-state index in [1.54, 1.807) is 10.6 Å². The van der Waals surface area contributed by atoms with Crippen LogP contribution in [-0.2, 0) is 7.05 Å². The summed E-state index contributed by atoms with van der Waals surface area (Å²) in [5, 5.41) is 4.28. The molecule has 150 valence electrons. The molecule has 3 aromatic rings. The number of aliphatic imine (C=N–C) groups is 1. The number of aromatic amines is 1. The first kappa shape index (κ1) is 19.2. The lowest BCUT2D eigenvalue weighted by atomic mass is 9.87. The van der Waals surface area contributed by atoms with Crippen LogP contribution in [0.25, 0.3) is 22.1 Å². The Kier molecular flexibility index (Phi) is 5.09. The number of H-pyrrole nitrogens is 1. The molecule has 1 aliphatic carbocycles. The summed E-state index contributed by atoms with van der Waals surface area (Å²) in [7, 11) is 1.84. The molecule has 1 aromatic carbocycles. The van der Waals surface area contributed by atoms with Crippen LogP contribution in [0.2, 0.25) is 0 Å². The molecule has 0 spiro atoms. The van der Waals surface area contributed by atoms with E-state index in [1.165, 1.54) is 37.8 Å². The van der Waals surface area contributed by atoms with Crippen molar-refractivity contribution in [3.8, 4) is 0 Å². The third kappa shape index (κ3) is 3.50. The van der Waals surface area contributed by atoms with Gasteiger partial charge in [0.15, 0.2) is 5.52 Å². The maximum Gasteiger partial charge on any atom is 0.345 e. The molecule has 6 heteroatoms. The van der Waals surface area contributed by atoms with Gasteiger partial charge in [-0.15, -0.1) is 4.52 Å². The summed E-state index contributed by atoms with van der Waals surface area (Å²) in [6, 6.07) is 8.07. The van der Waals surface area contributed by atoms with E-state index in [4.69, 9.17) is 5.73 Å². The van der Waals surface area contributed by atoms with Gasteiger partial charge >= 0.3 is 11.2 Å². The Morgan fingerprint density at radius 2 is 2.03 bits per heavy atom. The van der Waals surface area contributed by atoms with Crippen molar-refractivity contribution < 1.29 is 4.52 Å². The van der Waals surface area contributed by atoms with Crippen molar-refractivity contribution >= 4 is 28.8 Å². The average Bonchev–Trinajstić information content (AvgIpc) is 3.21. The molecule has 0 radical (unpaired) electrons. The standard InChI is InChI=1S/C23H27N5O/c1-15(9-12-21(24)25-2)17-10-11-18-20(13-17)28-22(27(3)23(18)29)14-19(26-28)16-7-5-4-6-8-16/h9-14,16H,2,4-8H2,1,3H3,(H2,24,29)/p+1. The minimum atomic E-state index is 0.0161. The molecule has 6 nitrogen and oxygen atoms in total. The topological polar surface area (TPSA) is 80.3 Å². The minimum Gasteiger partial charge on any atom is -0.384 e. The fourth-order valence-electron chi connectivity index (χ4n) is 4.26. The van der Waals surface area contributed by atoms with Crippen LogP contribution in [0.4, 0.5) is 0 Å². The molecule has 4 rings (SSSR count). The first-order valence-corrected chi connectivity index (χ1v) is 10.2. The van der Waals surface area contributed by atoms with Crippen molar-refractivity contribution in [3.63, 3.8) is 0 Å². The van der Waals surface area contributed by atoms with E-state index in [9.17, 15) is 4.79 Å². The van der Waals surface area contributed by atoms with Crippen molar-refractivity contribution in [1.29, 1.82) is 0 Å². The fourth-order valence-corrected chi connectivity index (χ4v) is 4.26. The molecule has 0 unspecified atom stereocenters. The summed E-state index contributed by atoms with van der Waals surface area (Å²) < 4.78 is 3.78. The number of nitrogens with zero attached hydrogens (tertiary/aromatic N) is 3. The monoisotopic (exact) mass is 390 g/mol. The van der Waals surface area contributed by atoms with Gasteiger partial charge in [0.1, 0.15) is 11.2 Å². The van der Waals surface area contributed by atoms with Crippen LogP contribution in [0, 0.1) is 0 Å². The maximum atomic E-state index is 12.9. The van der Waals surface area contributed by atoms with Gasteiger partial charge in [0.2, 0.25) is 0 Å². The van der Waals surface area contributed by atoms with E-state index in [0.29, 0.717) is 17.1 Å². The van der Waals surface area contributed by atoms with E-state index in [2.05, 4.69) is 28.9 Å². The largest absolute Gasteiger partial charge is 0.384 e. The SMILES string of the molecule is C=N/C(N)=C\C=C(/C)c1ccc2c(=O)n(C)c3cc(C4CCCCC4)[nH][n+]3c2c1. The van der Waals surface area contributed by atoms with E-state index < -0.39 is 0 Å². The van der Waals surface area contributed by atoms with Crippen LogP contribution < -0.4 is 15.8 Å². The summed E-state index contributed by atoms with van der Waals surface area (Å²) in [5.41, 5.74) is 10.8. The first-order chi connectivity index (χ1) is 14.0. The lowest BCUT2D eigenvalue weighted by Crippen LogP contribution is -2.34. The van der Waals surface area contributed by atoms with E-state index in [0.717, 1.165) is 22.3 Å². The number of fused-ring (bicyclic) bond motifs is 3. The summed E-state index contributed by atoms with van der Waals surface area (Å²) in [6.45, 7) is 5.44. The number of aromatic nitrogens is 3. The number of nitrogens with one attached hydrogen (secondary N) is 1. The lowest BCUT2D eigenvalue weighted by Gasteiger charge is -2.19. The Morgan fingerprint density at radius 3 is 2.76 bits per heavy atom. The Labute approximate surface area is 170 Å². The number of rotatable bonds is 4. The van der Waals surface area contributed by atoms with Gasteiger partial charge in [-0.1, -0.05) is 31.4 Å². The normalized spacial score (nSPS) is 16.6. The van der Waals surface area contributed by atoms with Crippen LogP contribution in [0.15, 0.2) is 52.0 Å². The van der Waals surface area contributed by atoms with Crippen molar-refractivity contribution in [2.24, 2.45) is 17.8 Å². The number of allylic oxidation sites excluding steroid dienone is 3. The zero-order chi connectivity index (χ0) is 20.5. The van der Waals surface area contributed by atoms with E-state index in [-0.39, 0.29) is 5.56 Å². The molecule has 0 bridgehead atoms. The lowest BCUT2D eigenvalue weighted by molar-refractivity contribution is -0.552. The molecule has 0 aliphatic heterocycles. The van der Waals surface area contributed by atoms with Crippen LogP contribution in [0.1, 0.15) is 56.2 Å². The molecule has 0 saturated heterocycles. The van der Waals surface area contributed by atoms with Gasteiger partial charge in [-0.25, -0.2) is 14.9 Å². The predicted molar refractivity (Wildman–Crippen MR) is 118 cm³/mol. The average molecular weight is 391 g/mol. The minimum absolute atomic E-state index is 0.0161. The number of hydrogen-bond donors (Lipinski definition) is 2. The molecule has 1 saturated carbocycles. The highest BCUT2D eigenvalue weighted by atomic mass is 16.1. The molecular formula is C23H28N5O+. The number of aryl methyl sites for hydroxylation is 1. The molecule has 1 aliphatic rings. The summed E-state index contributed by atoms with van der Waals surface area (Å²) in [4.78, 5) is 16.6. The third-order valence-electron chi connectivity index (χ3n) is 6.06. The highest BCUT2D eigenvalue weighted by Crippen LogP contribution is 2.31. The van der Waals surface area contributed by atoms with Crippen LogP contribution >= 0.6 is 0 Å². The van der Waals surface area contributed by atoms with Crippen molar-refractivity contribution in [2.75, 3.05) is 0 Å². The van der Waals surface area contributed by atoms with Gasteiger partial charge < -0.3 is 5.73 Å². The van der Waals surface area contributed by atoms with E-state index >= 15 is 0 Å². The predicted octanol–water partition coefficient (Wildman–Crippen LogP) is 3.56. The smallest absolute Gasteiger partial charge is 0.345 e.